The van der Waals surface area contributed by atoms with E-state index in [-0.39, 0.29) is 5.78 Å². The van der Waals surface area contributed by atoms with Crippen molar-refractivity contribution in [3.63, 3.8) is 0 Å². The van der Waals surface area contributed by atoms with Crippen LogP contribution in [0.15, 0.2) is 60.7 Å². The van der Waals surface area contributed by atoms with E-state index < -0.39 is 5.97 Å². The van der Waals surface area contributed by atoms with Crippen molar-refractivity contribution in [3.8, 4) is 5.75 Å². The van der Waals surface area contributed by atoms with Crippen LogP contribution < -0.4 is 4.74 Å². The molecule has 0 aromatic heterocycles. The summed E-state index contributed by atoms with van der Waals surface area (Å²) in [5, 5.41) is 0. The van der Waals surface area contributed by atoms with E-state index >= 15 is 0 Å². The number of benzene rings is 2. The lowest BCUT2D eigenvalue weighted by Gasteiger charge is -2.09. The largest absolute Gasteiger partial charge is 0.496 e. The van der Waals surface area contributed by atoms with Crippen LogP contribution in [0.5, 0.6) is 5.75 Å². The molecule has 0 spiro atoms. The van der Waals surface area contributed by atoms with Gasteiger partial charge in [-0.15, -0.1) is 0 Å². The molecule has 2 aromatic carbocycles. The first kappa shape index (κ1) is 17.2. The van der Waals surface area contributed by atoms with Crippen LogP contribution >= 0.6 is 0 Å². The molecule has 0 N–H and O–H groups in total. The molecule has 0 bridgehead atoms. The predicted octanol–water partition coefficient (Wildman–Crippen LogP) is 3.78. The van der Waals surface area contributed by atoms with E-state index in [9.17, 15) is 9.59 Å². The van der Waals surface area contributed by atoms with Crippen LogP contribution in [0.25, 0.3) is 12.2 Å². The van der Waals surface area contributed by atoms with Crippen LogP contribution in [-0.2, 0) is 9.53 Å². The van der Waals surface area contributed by atoms with E-state index in [1.54, 1.807) is 24.3 Å². The number of carbonyl (C=O) groups is 2. The maximum Gasteiger partial charge on any atom is 0.330 e. The fraction of sp³-hybridized carbons (Fsp3) is 0.100. The van der Waals surface area contributed by atoms with Gasteiger partial charge in [-0.05, 0) is 29.3 Å². The van der Waals surface area contributed by atoms with Gasteiger partial charge < -0.3 is 9.47 Å². The molecule has 0 atom stereocenters. The molecule has 0 amide bonds. The Labute approximate surface area is 141 Å². The zero-order valence-corrected chi connectivity index (χ0v) is 13.6. The van der Waals surface area contributed by atoms with Crippen molar-refractivity contribution in [2.75, 3.05) is 14.2 Å². The second-order valence-electron chi connectivity index (χ2n) is 4.89. The quantitative estimate of drug-likeness (QED) is 0.461. The lowest BCUT2D eigenvalue weighted by atomic mass is 10.0. The Morgan fingerprint density at radius 3 is 2.29 bits per heavy atom. The molecule has 0 aliphatic heterocycles. The first-order chi connectivity index (χ1) is 11.7. The molecule has 0 aliphatic rings. The minimum atomic E-state index is -0.490. The fourth-order valence-corrected chi connectivity index (χ4v) is 2.17. The average molecular weight is 322 g/mol. The standard InChI is InChI=1S/C20H18O4/c1-23-18-10-6-9-16(12-14-19(22)24-2)20(18)17(21)13-11-15-7-4-3-5-8-15/h3-14H,1-2H3/b13-11?,14-12+. The highest BCUT2D eigenvalue weighted by molar-refractivity contribution is 6.11. The Morgan fingerprint density at radius 2 is 1.62 bits per heavy atom. The van der Waals surface area contributed by atoms with Crippen molar-refractivity contribution < 1.29 is 19.1 Å². The van der Waals surface area contributed by atoms with Crippen LogP contribution in [0.4, 0.5) is 0 Å². The van der Waals surface area contributed by atoms with Gasteiger partial charge in [-0.1, -0.05) is 48.5 Å². The van der Waals surface area contributed by atoms with Crippen LogP contribution in [-0.4, -0.2) is 26.0 Å². The molecular formula is C20H18O4. The van der Waals surface area contributed by atoms with Gasteiger partial charge in [-0.2, -0.15) is 0 Å². The van der Waals surface area contributed by atoms with Gasteiger partial charge in [0.1, 0.15) is 5.75 Å². The van der Waals surface area contributed by atoms with Gasteiger partial charge in [0.25, 0.3) is 0 Å². The molecule has 0 heterocycles. The molecule has 122 valence electrons. The lowest BCUT2D eigenvalue weighted by molar-refractivity contribution is -0.134. The smallest absolute Gasteiger partial charge is 0.330 e. The monoisotopic (exact) mass is 322 g/mol. The highest BCUT2D eigenvalue weighted by Crippen LogP contribution is 2.24. The molecule has 0 radical (unpaired) electrons. The molecular weight excluding hydrogens is 304 g/mol. The van der Waals surface area contributed by atoms with Gasteiger partial charge in [-0.25, -0.2) is 4.79 Å². The summed E-state index contributed by atoms with van der Waals surface area (Å²) < 4.78 is 9.87. The summed E-state index contributed by atoms with van der Waals surface area (Å²) in [5.74, 6) is -0.249. The van der Waals surface area contributed by atoms with Crippen LogP contribution in [0.3, 0.4) is 0 Å². The van der Waals surface area contributed by atoms with Crippen molar-refractivity contribution in [1.29, 1.82) is 0 Å². The first-order valence-corrected chi connectivity index (χ1v) is 7.36. The summed E-state index contributed by atoms with van der Waals surface area (Å²) in [6.45, 7) is 0. The van der Waals surface area contributed by atoms with Crippen LogP contribution in [0.1, 0.15) is 21.5 Å². The maximum absolute atomic E-state index is 12.6. The van der Waals surface area contributed by atoms with Crippen molar-refractivity contribution in [2.24, 2.45) is 0 Å². The Balaban J connectivity index is 2.36. The minimum absolute atomic E-state index is 0.208. The van der Waals surface area contributed by atoms with Crippen molar-refractivity contribution >= 4 is 23.9 Å². The molecule has 0 saturated carbocycles. The van der Waals surface area contributed by atoms with Gasteiger partial charge in [0, 0.05) is 6.08 Å². The minimum Gasteiger partial charge on any atom is -0.496 e. The molecule has 4 nitrogen and oxygen atoms in total. The maximum atomic E-state index is 12.6. The topological polar surface area (TPSA) is 52.6 Å². The zero-order valence-electron chi connectivity index (χ0n) is 13.6. The lowest BCUT2D eigenvalue weighted by Crippen LogP contribution is -2.02. The SMILES string of the molecule is COC(=O)/C=C/c1cccc(OC)c1C(=O)C=Cc1ccccc1. The molecule has 24 heavy (non-hydrogen) atoms. The molecule has 0 unspecified atom stereocenters. The van der Waals surface area contributed by atoms with Crippen LogP contribution in [0, 0.1) is 0 Å². The second kappa shape index (κ2) is 8.48. The number of esters is 1. The Hall–Kier alpha value is -3.14. The summed E-state index contributed by atoms with van der Waals surface area (Å²) in [7, 11) is 2.80. The first-order valence-electron chi connectivity index (χ1n) is 7.36. The normalized spacial score (nSPS) is 10.9. The van der Waals surface area contributed by atoms with E-state index in [1.165, 1.54) is 32.4 Å². The van der Waals surface area contributed by atoms with Gasteiger partial charge in [-0.3, -0.25) is 4.79 Å². The third kappa shape index (κ3) is 4.43. The Morgan fingerprint density at radius 1 is 0.875 bits per heavy atom. The number of allylic oxidation sites excluding steroid dienone is 1. The number of hydrogen-bond acceptors (Lipinski definition) is 4. The Kier molecular flexibility index (Phi) is 6.08. The van der Waals surface area contributed by atoms with Gasteiger partial charge >= 0.3 is 5.97 Å². The van der Waals surface area contributed by atoms with E-state index in [0.717, 1.165) is 5.56 Å². The van der Waals surface area contributed by atoms with Gasteiger partial charge in [0.2, 0.25) is 0 Å². The second-order valence-corrected chi connectivity index (χ2v) is 4.89. The number of methoxy groups -OCH3 is 2. The summed E-state index contributed by atoms with van der Waals surface area (Å²) in [6, 6.07) is 14.7. The van der Waals surface area contributed by atoms with Gasteiger partial charge in [0.05, 0.1) is 19.8 Å². The van der Waals surface area contributed by atoms with E-state index in [0.29, 0.717) is 16.9 Å². The average Bonchev–Trinajstić information content (AvgIpc) is 2.64. The summed E-state index contributed by atoms with van der Waals surface area (Å²) >= 11 is 0. The number of rotatable bonds is 6. The molecule has 0 fully saturated rings. The van der Waals surface area contributed by atoms with Crippen LogP contribution in [0.2, 0.25) is 0 Å². The van der Waals surface area contributed by atoms with Crippen molar-refractivity contribution in [2.45, 2.75) is 0 Å². The zero-order chi connectivity index (χ0) is 17.4. The predicted molar refractivity (Wildman–Crippen MR) is 93.9 cm³/mol. The molecule has 4 heteroatoms. The highest BCUT2D eigenvalue weighted by atomic mass is 16.5. The van der Waals surface area contributed by atoms with E-state index in [4.69, 9.17) is 4.74 Å². The molecule has 0 saturated heterocycles. The third-order valence-electron chi connectivity index (χ3n) is 3.35. The summed E-state index contributed by atoms with van der Waals surface area (Å²) in [5.41, 5.74) is 1.90. The fourth-order valence-electron chi connectivity index (χ4n) is 2.17. The molecule has 2 aromatic rings. The number of hydrogen-bond donors (Lipinski definition) is 0. The number of ketones is 1. The van der Waals surface area contributed by atoms with E-state index in [2.05, 4.69) is 4.74 Å². The molecule has 0 aliphatic carbocycles. The van der Waals surface area contributed by atoms with Gasteiger partial charge in [0.15, 0.2) is 5.78 Å². The summed E-state index contributed by atoms with van der Waals surface area (Å²) in [6.07, 6.45) is 6.04. The van der Waals surface area contributed by atoms with Crippen molar-refractivity contribution in [3.05, 3.63) is 77.4 Å². The number of carbonyl (C=O) groups excluding carboxylic acids is 2. The van der Waals surface area contributed by atoms with E-state index in [1.807, 2.05) is 30.3 Å². The van der Waals surface area contributed by atoms with Crippen molar-refractivity contribution in [1.82, 2.24) is 0 Å². The molecule has 2 rings (SSSR count). The highest BCUT2D eigenvalue weighted by Gasteiger charge is 2.13. The Bertz CT molecular complexity index is 773. The summed E-state index contributed by atoms with van der Waals surface area (Å²) in [4.78, 5) is 23.9. The number of ether oxygens (including phenoxy) is 2. The third-order valence-corrected chi connectivity index (χ3v) is 3.35.